The van der Waals surface area contributed by atoms with Crippen LogP contribution in [0.15, 0.2) is 12.1 Å². The number of pyridine rings is 1. The molecule has 0 bridgehead atoms. The van der Waals surface area contributed by atoms with Gasteiger partial charge in [0.2, 0.25) is 0 Å². The van der Waals surface area contributed by atoms with Gasteiger partial charge in [-0.05, 0) is 44.2 Å². The molecular formula is C16H26N4O. The fourth-order valence-corrected chi connectivity index (χ4v) is 3.04. The van der Waals surface area contributed by atoms with E-state index < -0.39 is 0 Å². The summed E-state index contributed by atoms with van der Waals surface area (Å²) in [5, 5.41) is 3.12. The molecule has 2 rings (SSSR count). The molecule has 1 saturated carbocycles. The molecule has 1 aromatic rings. The highest BCUT2D eigenvalue weighted by molar-refractivity contribution is 5.95. The van der Waals surface area contributed by atoms with Gasteiger partial charge in [0.15, 0.2) is 0 Å². The number of nitrogens with two attached hydrogens (primary N) is 1. The number of anilines is 1. The summed E-state index contributed by atoms with van der Waals surface area (Å²) in [5.41, 5.74) is 4.06. The van der Waals surface area contributed by atoms with Crippen LogP contribution >= 0.6 is 0 Å². The summed E-state index contributed by atoms with van der Waals surface area (Å²) >= 11 is 0. The maximum atomic E-state index is 12.4. The van der Waals surface area contributed by atoms with Crippen LogP contribution in [0.5, 0.6) is 0 Å². The summed E-state index contributed by atoms with van der Waals surface area (Å²) < 4.78 is 0. The van der Waals surface area contributed by atoms with Gasteiger partial charge in [0.05, 0.1) is 0 Å². The lowest BCUT2D eigenvalue weighted by Gasteiger charge is -2.20. The summed E-state index contributed by atoms with van der Waals surface area (Å²) in [7, 11) is 0. The van der Waals surface area contributed by atoms with Gasteiger partial charge in [-0.25, -0.2) is 10.8 Å². The van der Waals surface area contributed by atoms with E-state index >= 15 is 0 Å². The van der Waals surface area contributed by atoms with Gasteiger partial charge in [-0.1, -0.05) is 26.2 Å². The minimum atomic E-state index is -0.0364. The van der Waals surface area contributed by atoms with E-state index in [1.54, 1.807) is 6.07 Å². The number of hydrogen-bond donors (Lipinski definition) is 3. The van der Waals surface area contributed by atoms with Gasteiger partial charge in [-0.2, -0.15) is 0 Å². The van der Waals surface area contributed by atoms with E-state index in [-0.39, 0.29) is 11.9 Å². The van der Waals surface area contributed by atoms with Gasteiger partial charge in [-0.15, -0.1) is 0 Å². The Morgan fingerprint density at radius 1 is 1.43 bits per heavy atom. The van der Waals surface area contributed by atoms with E-state index in [0.717, 1.165) is 18.5 Å². The van der Waals surface area contributed by atoms with Gasteiger partial charge in [-0.3, -0.25) is 4.79 Å². The first-order valence-electron chi connectivity index (χ1n) is 7.92. The molecule has 116 valence electrons. The first-order valence-corrected chi connectivity index (χ1v) is 7.92. The van der Waals surface area contributed by atoms with Crippen LogP contribution in [0.4, 0.5) is 5.82 Å². The van der Waals surface area contributed by atoms with E-state index in [1.165, 1.54) is 25.7 Å². The van der Waals surface area contributed by atoms with Crippen LogP contribution in [0.25, 0.3) is 0 Å². The highest BCUT2D eigenvalue weighted by Gasteiger charge is 2.23. The van der Waals surface area contributed by atoms with E-state index in [1.807, 2.05) is 6.07 Å². The third-order valence-electron chi connectivity index (χ3n) is 4.26. The normalized spacial score (nSPS) is 16.7. The topological polar surface area (TPSA) is 80.0 Å². The molecule has 1 fully saturated rings. The average molecular weight is 290 g/mol. The van der Waals surface area contributed by atoms with Crippen molar-refractivity contribution in [3.63, 3.8) is 0 Å². The molecule has 0 radical (unpaired) electrons. The van der Waals surface area contributed by atoms with Gasteiger partial charge < -0.3 is 10.7 Å². The lowest BCUT2D eigenvalue weighted by atomic mass is 9.99. The second-order valence-electron chi connectivity index (χ2n) is 5.93. The van der Waals surface area contributed by atoms with Crippen LogP contribution < -0.4 is 16.6 Å². The molecular weight excluding hydrogens is 264 g/mol. The smallest absolute Gasteiger partial charge is 0.251 e. The predicted octanol–water partition coefficient (Wildman–Crippen LogP) is 2.63. The SMILES string of the molecule is CCCc1cc(C(=O)NC(C)C2CCCC2)cc(NN)n1. The maximum Gasteiger partial charge on any atom is 0.251 e. The van der Waals surface area contributed by atoms with Crippen molar-refractivity contribution >= 4 is 11.7 Å². The van der Waals surface area contributed by atoms with Gasteiger partial charge in [0.25, 0.3) is 5.91 Å². The highest BCUT2D eigenvalue weighted by atomic mass is 16.1. The molecule has 0 aliphatic heterocycles. The van der Waals surface area contributed by atoms with E-state index in [0.29, 0.717) is 17.3 Å². The quantitative estimate of drug-likeness (QED) is 0.556. The third-order valence-corrected chi connectivity index (χ3v) is 4.26. The standard InChI is InChI=1S/C16H26N4O/c1-3-6-14-9-13(10-15(19-14)20-17)16(21)18-11(2)12-7-4-5-8-12/h9-12H,3-8,17H2,1-2H3,(H,18,21)(H,19,20). The molecule has 5 nitrogen and oxygen atoms in total. The van der Waals surface area contributed by atoms with Crippen LogP contribution in [0.2, 0.25) is 0 Å². The zero-order valence-corrected chi connectivity index (χ0v) is 13.0. The number of hydrogen-bond acceptors (Lipinski definition) is 4. The van der Waals surface area contributed by atoms with Crippen LogP contribution in [0.3, 0.4) is 0 Å². The monoisotopic (exact) mass is 290 g/mol. The summed E-state index contributed by atoms with van der Waals surface area (Å²) in [6.45, 7) is 4.19. The number of aromatic nitrogens is 1. The molecule has 1 aliphatic carbocycles. The summed E-state index contributed by atoms with van der Waals surface area (Å²) in [4.78, 5) is 16.8. The Balaban J connectivity index is 2.08. The highest BCUT2D eigenvalue weighted by Crippen LogP contribution is 2.27. The number of nitrogens with one attached hydrogen (secondary N) is 2. The second kappa shape index (κ2) is 7.41. The molecule has 1 aliphatic rings. The average Bonchev–Trinajstić information content (AvgIpc) is 3.01. The minimum absolute atomic E-state index is 0.0364. The number of amides is 1. The predicted molar refractivity (Wildman–Crippen MR) is 84.9 cm³/mol. The molecule has 1 amide bonds. The first-order chi connectivity index (χ1) is 10.1. The van der Waals surface area contributed by atoms with Crippen molar-refractivity contribution < 1.29 is 4.79 Å². The Hall–Kier alpha value is -1.62. The number of nitrogen functional groups attached to an aromatic ring is 1. The number of nitrogens with zero attached hydrogens (tertiary/aromatic N) is 1. The van der Waals surface area contributed by atoms with Crippen molar-refractivity contribution in [2.24, 2.45) is 11.8 Å². The second-order valence-corrected chi connectivity index (χ2v) is 5.93. The summed E-state index contributed by atoms with van der Waals surface area (Å²) in [5.74, 6) is 6.55. The zero-order chi connectivity index (χ0) is 15.2. The molecule has 21 heavy (non-hydrogen) atoms. The van der Waals surface area contributed by atoms with Crippen LogP contribution in [0.1, 0.15) is 62.0 Å². The largest absolute Gasteiger partial charge is 0.349 e. The van der Waals surface area contributed by atoms with Crippen LogP contribution in [-0.2, 0) is 6.42 Å². The maximum absolute atomic E-state index is 12.4. The van der Waals surface area contributed by atoms with Crippen molar-refractivity contribution in [1.82, 2.24) is 10.3 Å². The van der Waals surface area contributed by atoms with E-state index in [4.69, 9.17) is 5.84 Å². The van der Waals surface area contributed by atoms with Gasteiger partial charge >= 0.3 is 0 Å². The summed E-state index contributed by atoms with van der Waals surface area (Å²) in [6, 6.07) is 3.79. The molecule has 1 heterocycles. The Kier molecular flexibility index (Phi) is 5.56. The first kappa shape index (κ1) is 15.8. The number of carbonyl (C=O) groups is 1. The molecule has 1 aromatic heterocycles. The fraction of sp³-hybridized carbons (Fsp3) is 0.625. The molecule has 0 saturated heterocycles. The van der Waals surface area contributed by atoms with Crippen molar-refractivity contribution in [3.8, 4) is 0 Å². The molecule has 0 spiro atoms. The van der Waals surface area contributed by atoms with Gasteiger partial charge in [0, 0.05) is 17.3 Å². The van der Waals surface area contributed by atoms with E-state index in [2.05, 4.69) is 29.6 Å². The summed E-state index contributed by atoms with van der Waals surface area (Å²) in [6.07, 6.45) is 6.82. The minimum Gasteiger partial charge on any atom is -0.349 e. The molecule has 5 heteroatoms. The van der Waals surface area contributed by atoms with Crippen LogP contribution in [-0.4, -0.2) is 16.9 Å². The molecule has 0 aromatic carbocycles. The van der Waals surface area contributed by atoms with Crippen molar-refractivity contribution in [2.75, 3.05) is 5.43 Å². The molecule has 1 unspecified atom stereocenters. The van der Waals surface area contributed by atoms with E-state index in [9.17, 15) is 4.79 Å². The number of rotatable bonds is 6. The Morgan fingerprint density at radius 3 is 2.76 bits per heavy atom. The van der Waals surface area contributed by atoms with Crippen molar-refractivity contribution in [3.05, 3.63) is 23.4 Å². The molecule has 4 N–H and O–H groups in total. The Bertz CT molecular complexity index is 483. The Labute approximate surface area is 126 Å². The number of hydrazine groups is 1. The number of aryl methyl sites for hydroxylation is 1. The van der Waals surface area contributed by atoms with Crippen molar-refractivity contribution in [2.45, 2.75) is 58.4 Å². The van der Waals surface area contributed by atoms with Crippen molar-refractivity contribution in [1.29, 1.82) is 0 Å². The lowest BCUT2D eigenvalue weighted by molar-refractivity contribution is 0.0927. The zero-order valence-electron chi connectivity index (χ0n) is 13.0. The Morgan fingerprint density at radius 2 is 2.14 bits per heavy atom. The third kappa shape index (κ3) is 4.17. The van der Waals surface area contributed by atoms with Crippen LogP contribution in [0, 0.1) is 5.92 Å². The number of carbonyl (C=O) groups excluding carboxylic acids is 1. The van der Waals surface area contributed by atoms with Gasteiger partial charge in [0.1, 0.15) is 5.82 Å². The lowest BCUT2D eigenvalue weighted by Crippen LogP contribution is -2.37. The molecule has 1 atom stereocenters. The fourth-order valence-electron chi connectivity index (χ4n) is 3.04.